The summed E-state index contributed by atoms with van der Waals surface area (Å²) in [6, 6.07) is 8.64. The van der Waals surface area contributed by atoms with Crippen LogP contribution in [0, 0.1) is 5.92 Å². The van der Waals surface area contributed by atoms with Gasteiger partial charge < -0.3 is 5.32 Å². The van der Waals surface area contributed by atoms with Crippen molar-refractivity contribution >= 4 is 5.91 Å². The van der Waals surface area contributed by atoms with Crippen LogP contribution in [0.1, 0.15) is 43.9 Å². The molecule has 2 atom stereocenters. The Morgan fingerprint density at radius 2 is 2.25 bits per heavy atom. The quantitative estimate of drug-likeness (QED) is 0.828. The monoisotopic (exact) mass is 217 g/mol. The third-order valence-corrected chi connectivity index (χ3v) is 3.51. The molecule has 2 rings (SSSR count). The van der Waals surface area contributed by atoms with Crippen molar-refractivity contribution in [1.82, 2.24) is 5.32 Å². The van der Waals surface area contributed by atoms with Crippen molar-refractivity contribution in [2.24, 2.45) is 5.92 Å². The maximum Gasteiger partial charge on any atom is 0.223 e. The zero-order chi connectivity index (χ0) is 11.5. The Hall–Kier alpha value is -1.31. The highest BCUT2D eigenvalue weighted by Gasteiger charge is 2.24. The van der Waals surface area contributed by atoms with Gasteiger partial charge in [-0.3, -0.25) is 4.79 Å². The van der Waals surface area contributed by atoms with E-state index in [9.17, 15) is 4.79 Å². The number of amides is 1. The molecule has 0 spiro atoms. The lowest BCUT2D eigenvalue weighted by molar-refractivity contribution is -0.125. The fraction of sp³-hybridized carbons (Fsp3) is 0.500. The van der Waals surface area contributed by atoms with Gasteiger partial charge in [-0.2, -0.15) is 0 Å². The van der Waals surface area contributed by atoms with Gasteiger partial charge in [0.05, 0.1) is 6.04 Å². The molecule has 2 nitrogen and oxygen atoms in total. The number of rotatable bonds is 3. The van der Waals surface area contributed by atoms with E-state index in [0.29, 0.717) is 0 Å². The van der Waals surface area contributed by atoms with Crippen LogP contribution >= 0.6 is 0 Å². The summed E-state index contributed by atoms with van der Waals surface area (Å²) in [5, 5.41) is 3.15. The SMILES string of the molecule is CCC(C)C(=O)NC1CCc2ccccc21. The molecule has 0 saturated heterocycles. The second-order valence-corrected chi connectivity index (χ2v) is 4.61. The highest BCUT2D eigenvalue weighted by molar-refractivity contribution is 5.78. The van der Waals surface area contributed by atoms with E-state index < -0.39 is 0 Å². The predicted octanol–water partition coefficient (Wildman–Crippen LogP) is 2.84. The van der Waals surface area contributed by atoms with E-state index >= 15 is 0 Å². The Kier molecular flexibility index (Phi) is 3.28. The normalized spacial score (nSPS) is 20.2. The smallest absolute Gasteiger partial charge is 0.223 e. The highest BCUT2D eigenvalue weighted by Crippen LogP contribution is 2.30. The summed E-state index contributed by atoms with van der Waals surface area (Å²) in [6.07, 6.45) is 3.03. The van der Waals surface area contributed by atoms with Crippen LogP contribution in [0.5, 0.6) is 0 Å². The van der Waals surface area contributed by atoms with Crippen LogP contribution in [0.2, 0.25) is 0 Å². The molecule has 2 heteroatoms. The topological polar surface area (TPSA) is 29.1 Å². The van der Waals surface area contributed by atoms with Crippen molar-refractivity contribution in [3.8, 4) is 0 Å². The summed E-state index contributed by atoms with van der Waals surface area (Å²) in [7, 11) is 0. The third-order valence-electron chi connectivity index (χ3n) is 3.51. The van der Waals surface area contributed by atoms with Crippen molar-refractivity contribution in [3.05, 3.63) is 35.4 Å². The van der Waals surface area contributed by atoms with E-state index in [1.807, 2.05) is 19.9 Å². The molecule has 0 bridgehead atoms. The summed E-state index contributed by atoms with van der Waals surface area (Å²) in [4.78, 5) is 11.8. The highest BCUT2D eigenvalue weighted by atomic mass is 16.1. The second-order valence-electron chi connectivity index (χ2n) is 4.61. The van der Waals surface area contributed by atoms with Crippen molar-refractivity contribution in [3.63, 3.8) is 0 Å². The molecule has 0 aromatic heterocycles. The Bertz CT molecular complexity index is 386. The average molecular weight is 217 g/mol. The Morgan fingerprint density at radius 3 is 3.00 bits per heavy atom. The lowest BCUT2D eigenvalue weighted by Gasteiger charge is -2.16. The minimum Gasteiger partial charge on any atom is -0.349 e. The standard InChI is InChI=1S/C14H19NO/c1-3-10(2)14(16)15-13-9-8-11-6-4-5-7-12(11)13/h4-7,10,13H,3,8-9H2,1-2H3,(H,15,16). The summed E-state index contributed by atoms with van der Waals surface area (Å²) in [5.74, 6) is 0.303. The second kappa shape index (κ2) is 4.69. The molecule has 0 radical (unpaired) electrons. The molecule has 1 aromatic carbocycles. The van der Waals surface area contributed by atoms with Crippen molar-refractivity contribution < 1.29 is 4.79 Å². The number of carbonyl (C=O) groups excluding carboxylic acids is 1. The summed E-state index contributed by atoms with van der Waals surface area (Å²) < 4.78 is 0. The van der Waals surface area contributed by atoms with E-state index in [1.54, 1.807) is 0 Å². The molecule has 2 unspecified atom stereocenters. The molecule has 1 aliphatic carbocycles. The minimum absolute atomic E-state index is 0.118. The van der Waals surface area contributed by atoms with Gasteiger partial charge in [0.15, 0.2) is 0 Å². The predicted molar refractivity (Wildman–Crippen MR) is 65.1 cm³/mol. The van der Waals surface area contributed by atoms with Gasteiger partial charge in [-0.1, -0.05) is 38.1 Å². The minimum atomic E-state index is 0.118. The molecule has 86 valence electrons. The summed E-state index contributed by atoms with van der Waals surface area (Å²) in [5.41, 5.74) is 2.69. The largest absolute Gasteiger partial charge is 0.349 e. The molecule has 1 amide bonds. The molecule has 0 heterocycles. The van der Waals surface area contributed by atoms with Gasteiger partial charge in [0.25, 0.3) is 0 Å². The van der Waals surface area contributed by atoms with Gasteiger partial charge in [0.2, 0.25) is 5.91 Å². The fourth-order valence-corrected chi connectivity index (χ4v) is 2.21. The number of benzene rings is 1. The van der Waals surface area contributed by atoms with Gasteiger partial charge in [-0.15, -0.1) is 0 Å². The number of hydrogen-bond donors (Lipinski definition) is 1. The lowest BCUT2D eigenvalue weighted by atomic mass is 10.1. The number of hydrogen-bond acceptors (Lipinski definition) is 1. The number of nitrogens with one attached hydrogen (secondary N) is 1. The molecule has 0 aliphatic heterocycles. The molecule has 1 aromatic rings. The Morgan fingerprint density at radius 1 is 1.50 bits per heavy atom. The van der Waals surface area contributed by atoms with Crippen LogP contribution < -0.4 is 5.32 Å². The van der Waals surface area contributed by atoms with Crippen LogP contribution in [-0.4, -0.2) is 5.91 Å². The number of aryl methyl sites for hydroxylation is 1. The van der Waals surface area contributed by atoms with E-state index in [0.717, 1.165) is 19.3 Å². The van der Waals surface area contributed by atoms with Crippen molar-refractivity contribution in [2.45, 2.75) is 39.2 Å². The molecule has 0 saturated carbocycles. The summed E-state index contributed by atoms with van der Waals surface area (Å²) >= 11 is 0. The van der Waals surface area contributed by atoms with Crippen LogP contribution in [0.15, 0.2) is 24.3 Å². The van der Waals surface area contributed by atoms with E-state index in [4.69, 9.17) is 0 Å². The van der Waals surface area contributed by atoms with Gasteiger partial charge in [0, 0.05) is 5.92 Å². The maximum atomic E-state index is 11.8. The number of fused-ring (bicyclic) bond motifs is 1. The maximum absolute atomic E-state index is 11.8. The Labute approximate surface area is 97.1 Å². The van der Waals surface area contributed by atoms with Gasteiger partial charge in [-0.25, -0.2) is 0 Å². The lowest BCUT2D eigenvalue weighted by Crippen LogP contribution is -2.31. The van der Waals surface area contributed by atoms with Gasteiger partial charge in [0.1, 0.15) is 0 Å². The average Bonchev–Trinajstić information content (AvgIpc) is 2.72. The van der Waals surface area contributed by atoms with Gasteiger partial charge >= 0.3 is 0 Å². The van der Waals surface area contributed by atoms with E-state index in [2.05, 4.69) is 23.5 Å². The molecule has 0 fully saturated rings. The first-order valence-corrected chi connectivity index (χ1v) is 6.10. The zero-order valence-corrected chi connectivity index (χ0v) is 9.99. The van der Waals surface area contributed by atoms with Crippen molar-refractivity contribution in [2.75, 3.05) is 0 Å². The first-order chi connectivity index (χ1) is 7.72. The molecular formula is C14H19NO. The fourth-order valence-electron chi connectivity index (χ4n) is 2.21. The molecule has 1 aliphatic rings. The van der Waals surface area contributed by atoms with Crippen molar-refractivity contribution in [1.29, 1.82) is 0 Å². The first-order valence-electron chi connectivity index (χ1n) is 6.10. The van der Waals surface area contributed by atoms with Crippen LogP contribution in [0.3, 0.4) is 0 Å². The third kappa shape index (κ3) is 2.11. The van der Waals surface area contributed by atoms with Crippen LogP contribution in [0.4, 0.5) is 0 Å². The molecule has 1 N–H and O–H groups in total. The molecular weight excluding hydrogens is 198 g/mol. The molecule has 16 heavy (non-hydrogen) atoms. The van der Waals surface area contributed by atoms with E-state index in [-0.39, 0.29) is 17.9 Å². The summed E-state index contributed by atoms with van der Waals surface area (Å²) in [6.45, 7) is 4.03. The first kappa shape index (κ1) is 11.2. The Balaban J connectivity index is 2.06. The number of carbonyl (C=O) groups is 1. The van der Waals surface area contributed by atoms with E-state index in [1.165, 1.54) is 11.1 Å². The van der Waals surface area contributed by atoms with Gasteiger partial charge in [-0.05, 0) is 30.4 Å². The van der Waals surface area contributed by atoms with Crippen LogP contribution in [-0.2, 0) is 11.2 Å². The van der Waals surface area contributed by atoms with Crippen LogP contribution in [0.25, 0.3) is 0 Å². The zero-order valence-electron chi connectivity index (χ0n) is 9.99.